The van der Waals surface area contributed by atoms with Crippen LogP contribution in [0, 0.1) is 5.92 Å². The van der Waals surface area contributed by atoms with Crippen LogP contribution in [0.25, 0.3) is 0 Å². The third kappa shape index (κ3) is 6.25. The molecular formula is C17H24ClNO. The van der Waals surface area contributed by atoms with Gasteiger partial charge in [-0.2, -0.15) is 0 Å². The van der Waals surface area contributed by atoms with E-state index in [4.69, 9.17) is 11.6 Å². The van der Waals surface area contributed by atoms with Crippen LogP contribution in [-0.4, -0.2) is 5.91 Å². The summed E-state index contributed by atoms with van der Waals surface area (Å²) in [5.74, 6) is 0.206. The van der Waals surface area contributed by atoms with Crippen molar-refractivity contribution in [2.75, 3.05) is 5.32 Å². The molecular weight excluding hydrogens is 270 g/mol. The highest BCUT2D eigenvalue weighted by Crippen LogP contribution is 2.18. The molecule has 3 heteroatoms. The Morgan fingerprint density at radius 1 is 1.30 bits per heavy atom. The minimum Gasteiger partial charge on any atom is -0.326 e. The second-order valence-electron chi connectivity index (χ2n) is 4.95. The minimum atomic E-state index is 0.0938. The first-order valence-corrected chi connectivity index (χ1v) is 7.72. The largest absolute Gasteiger partial charge is 0.326 e. The van der Waals surface area contributed by atoms with E-state index in [9.17, 15) is 4.79 Å². The lowest BCUT2D eigenvalue weighted by atomic mass is 9.97. The lowest BCUT2D eigenvalue weighted by Crippen LogP contribution is -2.22. The van der Waals surface area contributed by atoms with Gasteiger partial charge in [0.05, 0.1) is 0 Å². The number of anilines is 1. The van der Waals surface area contributed by atoms with Crippen LogP contribution in [0.15, 0.2) is 36.4 Å². The van der Waals surface area contributed by atoms with Crippen LogP contribution in [0.1, 0.15) is 46.0 Å². The Labute approximate surface area is 127 Å². The number of allylic oxidation sites excluding steroid dienone is 2. The lowest BCUT2D eigenvalue weighted by Gasteiger charge is -2.14. The van der Waals surface area contributed by atoms with Gasteiger partial charge in [-0.05, 0) is 56.9 Å². The number of hydrogen-bond acceptors (Lipinski definition) is 1. The molecule has 1 rings (SSSR count). The van der Waals surface area contributed by atoms with E-state index >= 15 is 0 Å². The summed E-state index contributed by atoms with van der Waals surface area (Å²) in [6.07, 6.45) is 9.42. The Hall–Kier alpha value is -1.28. The number of rotatable bonds is 8. The van der Waals surface area contributed by atoms with Crippen molar-refractivity contribution in [2.45, 2.75) is 46.0 Å². The molecule has 110 valence electrons. The molecule has 0 aliphatic heterocycles. The molecule has 1 N–H and O–H groups in total. The van der Waals surface area contributed by atoms with E-state index in [0.717, 1.165) is 37.8 Å². The van der Waals surface area contributed by atoms with Crippen LogP contribution < -0.4 is 5.32 Å². The van der Waals surface area contributed by atoms with Crippen LogP contribution >= 0.6 is 11.6 Å². The molecule has 0 saturated carbocycles. The van der Waals surface area contributed by atoms with Crippen LogP contribution in [0.2, 0.25) is 5.02 Å². The first-order chi connectivity index (χ1) is 9.67. The fourth-order valence-corrected chi connectivity index (χ4v) is 2.24. The summed E-state index contributed by atoms with van der Waals surface area (Å²) in [6.45, 7) is 4.10. The molecule has 1 atom stereocenters. The normalized spacial score (nSPS) is 12.6. The zero-order valence-corrected chi connectivity index (χ0v) is 13.1. The number of halogens is 1. The predicted molar refractivity (Wildman–Crippen MR) is 87.1 cm³/mol. The smallest absolute Gasteiger partial charge is 0.227 e. The third-order valence-corrected chi connectivity index (χ3v) is 3.64. The molecule has 0 radical (unpaired) electrons. The van der Waals surface area contributed by atoms with E-state index < -0.39 is 0 Å². The zero-order chi connectivity index (χ0) is 14.8. The first-order valence-electron chi connectivity index (χ1n) is 7.35. The quantitative estimate of drug-likeness (QED) is 0.502. The highest BCUT2D eigenvalue weighted by atomic mass is 35.5. The van der Waals surface area contributed by atoms with Gasteiger partial charge >= 0.3 is 0 Å². The number of unbranched alkanes of at least 4 members (excludes halogenated alkanes) is 2. The number of carbonyl (C=O) groups excluding carboxylic acids is 1. The van der Waals surface area contributed by atoms with Crippen molar-refractivity contribution in [1.82, 2.24) is 0 Å². The maximum atomic E-state index is 12.2. The number of benzene rings is 1. The van der Waals surface area contributed by atoms with Crippen LogP contribution in [0.3, 0.4) is 0 Å². The van der Waals surface area contributed by atoms with Crippen molar-refractivity contribution in [3.63, 3.8) is 0 Å². The Kier molecular flexibility index (Phi) is 8.05. The van der Waals surface area contributed by atoms with Crippen molar-refractivity contribution in [3.8, 4) is 0 Å². The van der Waals surface area contributed by atoms with E-state index in [1.165, 1.54) is 0 Å². The highest BCUT2D eigenvalue weighted by Gasteiger charge is 2.15. The molecule has 0 aliphatic rings. The molecule has 0 aliphatic carbocycles. The Morgan fingerprint density at radius 3 is 2.60 bits per heavy atom. The molecule has 20 heavy (non-hydrogen) atoms. The van der Waals surface area contributed by atoms with Gasteiger partial charge in [-0.25, -0.2) is 0 Å². The van der Waals surface area contributed by atoms with Crippen LogP contribution in [0.5, 0.6) is 0 Å². The van der Waals surface area contributed by atoms with Gasteiger partial charge in [-0.3, -0.25) is 4.79 Å². The van der Waals surface area contributed by atoms with E-state index in [1.807, 2.05) is 19.1 Å². The summed E-state index contributed by atoms with van der Waals surface area (Å²) in [6, 6.07) is 7.24. The summed E-state index contributed by atoms with van der Waals surface area (Å²) < 4.78 is 0. The summed E-state index contributed by atoms with van der Waals surface area (Å²) in [5.41, 5.74) is 0.812. The Bertz CT molecular complexity index is 425. The van der Waals surface area contributed by atoms with Crippen molar-refractivity contribution >= 4 is 23.2 Å². The monoisotopic (exact) mass is 293 g/mol. The molecule has 0 heterocycles. The summed E-state index contributed by atoms with van der Waals surface area (Å²) in [7, 11) is 0. The van der Waals surface area contributed by atoms with Crippen molar-refractivity contribution in [1.29, 1.82) is 0 Å². The van der Waals surface area contributed by atoms with Gasteiger partial charge in [0.2, 0.25) is 5.91 Å². The van der Waals surface area contributed by atoms with Gasteiger partial charge in [-0.15, -0.1) is 0 Å². The highest BCUT2D eigenvalue weighted by molar-refractivity contribution is 6.30. The molecule has 1 aromatic carbocycles. The van der Waals surface area contributed by atoms with Gasteiger partial charge in [0.1, 0.15) is 0 Å². The second kappa shape index (κ2) is 9.60. The first kappa shape index (κ1) is 16.8. The fraction of sp³-hybridized carbons (Fsp3) is 0.471. The molecule has 0 saturated heterocycles. The molecule has 1 amide bonds. The molecule has 2 nitrogen and oxygen atoms in total. The minimum absolute atomic E-state index is 0.0938. The summed E-state index contributed by atoms with van der Waals surface area (Å²) in [4.78, 5) is 12.2. The van der Waals surface area contributed by atoms with E-state index in [0.29, 0.717) is 5.02 Å². The number of hydrogen-bond donors (Lipinski definition) is 1. The molecule has 1 unspecified atom stereocenters. The summed E-state index contributed by atoms with van der Waals surface area (Å²) >= 11 is 5.83. The average Bonchev–Trinajstić information content (AvgIpc) is 2.45. The van der Waals surface area contributed by atoms with Gasteiger partial charge in [-0.1, -0.05) is 37.1 Å². The van der Waals surface area contributed by atoms with Gasteiger partial charge in [0.15, 0.2) is 0 Å². The standard InChI is InChI=1S/C17H24ClNO/c1-3-5-6-7-8-9-14(4-2)17(20)19-16-12-10-15(18)11-13-16/h3,5,10-14H,4,6-9H2,1-2H3,(H,19,20). The summed E-state index contributed by atoms with van der Waals surface area (Å²) in [5, 5.41) is 3.64. The predicted octanol–water partition coefficient (Wildman–Crippen LogP) is 5.44. The van der Waals surface area contributed by atoms with E-state index in [-0.39, 0.29) is 11.8 Å². The maximum Gasteiger partial charge on any atom is 0.227 e. The molecule has 0 bridgehead atoms. The fourth-order valence-electron chi connectivity index (χ4n) is 2.12. The maximum absolute atomic E-state index is 12.2. The lowest BCUT2D eigenvalue weighted by molar-refractivity contribution is -0.120. The van der Waals surface area contributed by atoms with Crippen LogP contribution in [-0.2, 0) is 4.79 Å². The molecule has 0 aromatic heterocycles. The van der Waals surface area contributed by atoms with Gasteiger partial charge < -0.3 is 5.32 Å². The Balaban J connectivity index is 2.40. The van der Waals surface area contributed by atoms with Crippen molar-refractivity contribution < 1.29 is 4.79 Å². The topological polar surface area (TPSA) is 29.1 Å². The Morgan fingerprint density at radius 2 is 2.00 bits per heavy atom. The van der Waals surface area contributed by atoms with E-state index in [2.05, 4.69) is 24.4 Å². The van der Waals surface area contributed by atoms with Gasteiger partial charge in [0, 0.05) is 16.6 Å². The second-order valence-corrected chi connectivity index (χ2v) is 5.39. The average molecular weight is 294 g/mol. The molecule has 0 spiro atoms. The number of carbonyl (C=O) groups is 1. The van der Waals surface area contributed by atoms with Crippen molar-refractivity contribution in [2.24, 2.45) is 5.92 Å². The van der Waals surface area contributed by atoms with Crippen molar-refractivity contribution in [3.05, 3.63) is 41.4 Å². The zero-order valence-electron chi connectivity index (χ0n) is 12.4. The molecule has 0 fully saturated rings. The van der Waals surface area contributed by atoms with Crippen LogP contribution in [0.4, 0.5) is 5.69 Å². The van der Waals surface area contributed by atoms with Gasteiger partial charge in [0.25, 0.3) is 0 Å². The van der Waals surface area contributed by atoms with E-state index in [1.54, 1.807) is 12.1 Å². The number of nitrogens with one attached hydrogen (secondary N) is 1. The number of amides is 1. The SMILES string of the molecule is CC=CCCCCC(CC)C(=O)Nc1ccc(Cl)cc1. The molecule has 1 aromatic rings. The third-order valence-electron chi connectivity index (χ3n) is 3.38.